The summed E-state index contributed by atoms with van der Waals surface area (Å²) in [4.78, 5) is 30.0. The number of alkyl halides is 3. The second-order valence-electron chi connectivity index (χ2n) is 12.7. The molecule has 0 aromatic heterocycles. The first-order chi connectivity index (χ1) is 22.9. The highest BCUT2D eigenvalue weighted by Crippen LogP contribution is 2.42. The molecule has 0 spiro atoms. The Morgan fingerprint density at radius 1 is 1.04 bits per heavy atom. The van der Waals surface area contributed by atoms with Crippen LogP contribution in [0.4, 0.5) is 18.0 Å². The average Bonchev–Trinajstić information content (AvgIpc) is 3.89. The summed E-state index contributed by atoms with van der Waals surface area (Å²) in [6.45, 7) is 4.92. The maximum Gasteiger partial charge on any atom is 0.416 e. The van der Waals surface area contributed by atoms with E-state index in [0.717, 1.165) is 34.4 Å². The monoisotopic (exact) mass is 683 g/mol. The number of nitrogens with one attached hydrogen (secondary N) is 1. The Morgan fingerprint density at radius 2 is 1.75 bits per heavy atom. The minimum atomic E-state index is -4.52. The zero-order valence-corrected chi connectivity index (χ0v) is 27.4. The lowest BCUT2D eigenvalue weighted by molar-refractivity contribution is -0.147. The Morgan fingerprint density at radius 3 is 2.44 bits per heavy atom. The fourth-order valence-electron chi connectivity index (χ4n) is 6.59. The fraction of sp³-hybridized carbons (Fsp3) is 0.389. The third kappa shape index (κ3) is 6.98. The molecule has 2 aliphatic heterocycles. The van der Waals surface area contributed by atoms with Crippen LogP contribution in [0.5, 0.6) is 11.5 Å². The smallest absolute Gasteiger partial charge is 0.416 e. The van der Waals surface area contributed by atoms with E-state index in [1.807, 2.05) is 56.3 Å². The number of piperazine rings is 1. The van der Waals surface area contributed by atoms with Gasteiger partial charge in [0.2, 0.25) is 0 Å². The quantitative estimate of drug-likeness (QED) is 0.222. The van der Waals surface area contributed by atoms with Crippen LogP contribution in [0.3, 0.4) is 0 Å². The van der Waals surface area contributed by atoms with Crippen LogP contribution < -0.4 is 14.8 Å². The summed E-state index contributed by atoms with van der Waals surface area (Å²) in [6, 6.07) is 15.3. The van der Waals surface area contributed by atoms with Gasteiger partial charge < -0.3 is 24.8 Å². The molecule has 2 fully saturated rings. The van der Waals surface area contributed by atoms with Crippen LogP contribution >= 0.6 is 11.6 Å². The highest BCUT2D eigenvalue weighted by atomic mass is 35.5. The van der Waals surface area contributed by atoms with Gasteiger partial charge in [0.05, 0.1) is 16.6 Å². The number of fused-ring (bicyclic) bond motifs is 2. The maximum atomic E-state index is 14.5. The predicted molar refractivity (Wildman–Crippen MR) is 175 cm³/mol. The lowest BCUT2D eigenvalue weighted by atomic mass is 9.77. The first-order valence-electron chi connectivity index (χ1n) is 15.9. The number of aryl methyl sites for hydroxylation is 2. The zero-order chi connectivity index (χ0) is 34.2. The van der Waals surface area contributed by atoms with Crippen molar-refractivity contribution in [2.75, 3.05) is 26.3 Å². The van der Waals surface area contributed by atoms with Crippen molar-refractivity contribution in [1.29, 1.82) is 0 Å². The summed E-state index contributed by atoms with van der Waals surface area (Å²) in [7, 11) is 0. The van der Waals surface area contributed by atoms with Gasteiger partial charge in [0.1, 0.15) is 30.3 Å². The van der Waals surface area contributed by atoms with Crippen molar-refractivity contribution in [3.05, 3.63) is 99.6 Å². The van der Waals surface area contributed by atoms with E-state index in [1.165, 1.54) is 11.0 Å². The van der Waals surface area contributed by atoms with Crippen molar-refractivity contribution < 1.29 is 37.3 Å². The molecule has 2 amide bonds. The maximum absolute atomic E-state index is 14.5. The van der Waals surface area contributed by atoms with Gasteiger partial charge in [0.15, 0.2) is 0 Å². The summed E-state index contributed by atoms with van der Waals surface area (Å²) in [6.07, 6.45) is -2.34. The van der Waals surface area contributed by atoms with E-state index in [9.17, 15) is 27.9 Å². The van der Waals surface area contributed by atoms with Crippen molar-refractivity contribution in [2.24, 2.45) is 0 Å². The number of rotatable bonds is 10. The molecule has 2 atom stereocenters. The van der Waals surface area contributed by atoms with Crippen molar-refractivity contribution in [3.8, 4) is 11.5 Å². The Bertz CT molecular complexity index is 1730. The Labute approximate surface area is 282 Å². The predicted octanol–water partition coefficient (Wildman–Crippen LogP) is 7.10. The van der Waals surface area contributed by atoms with E-state index in [4.69, 9.17) is 21.1 Å². The first kappa shape index (κ1) is 33.7. The highest BCUT2D eigenvalue weighted by Gasteiger charge is 2.56. The van der Waals surface area contributed by atoms with Gasteiger partial charge in [0, 0.05) is 32.1 Å². The lowest BCUT2D eigenvalue weighted by Gasteiger charge is -2.53. The number of hydrogen-bond acceptors (Lipinski definition) is 5. The molecule has 0 radical (unpaired) electrons. The third-order valence-corrected chi connectivity index (χ3v) is 9.58. The zero-order valence-electron chi connectivity index (χ0n) is 26.6. The minimum Gasteiger partial charge on any atom is -0.490 e. The molecule has 1 saturated heterocycles. The van der Waals surface area contributed by atoms with Gasteiger partial charge >= 0.3 is 12.3 Å². The Balaban J connectivity index is 1.19. The number of hydrogen-bond donors (Lipinski definition) is 2. The molecular weight excluding hydrogens is 647 g/mol. The number of nitrogens with zero attached hydrogens (tertiary/aromatic N) is 2. The van der Waals surface area contributed by atoms with Crippen LogP contribution in [0.1, 0.15) is 47.1 Å². The third-order valence-electron chi connectivity index (χ3n) is 9.28. The van der Waals surface area contributed by atoms with Gasteiger partial charge in [-0.1, -0.05) is 41.9 Å². The van der Waals surface area contributed by atoms with Gasteiger partial charge in [-0.2, -0.15) is 13.2 Å². The number of benzene rings is 3. The van der Waals surface area contributed by atoms with Crippen LogP contribution in [0.15, 0.2) is 66.7 Å². The molecular formula is C36H37ClF3N3O5. The molecule has 1 saturated carbocycles. The summed E-state index contributed by atoms with van der Waals surface area (Å²) in [5.74, 6) is 0.805. The van der Waals surface area contributed by atoms with Crippen LogP contribution in [-0.2, 0) is 17.5 Å². The molecule has 2 heterocycles. The SMILES string of the molecule is Cc1cc(Cl)c(OCCOc2ccc(C3=C[C@H]4CNC[C@@](C(=O)N(Cc5cccc(C(F)(F)F)c5)C5CC5)(C3)N4C(=O)O)cc2)cc1C. The van der Waals surface area contributed by atoms with E-state index in [-0.39, 0.29) is 38.8 Å². The van der Waals surface area contributed by atoms with Crippen molar-refractivity contribution in [1.82, 2.24) is 15.1 Å². The van der Waals surface area contributed by atoms with Gasteiger partial charge in [-0.3, -0.25) is 9.69 Å². The number of carbonyl (C=O) groups excluding carboxylic acids is 1. The lowest BCUT2D eigenvalue weighted by Crippen LogP contribution is -2.73. The molecule has 3 aliphatic rings. The van der Waals surface area contributed by atoms with Gasteiger partial charge in [0.25, 0.3) is 5.91 Å². The molecule has 3 aromatic rings. The number of ether oxygens (including phenoxy) is 2. The van der Waals surface area contributed by atoms with E-state index < -0.39 is 35.3 Å². The fourth-order valence-corrected chi connectivity index (χ4v) is 6.86. The molecule has 1 aliphatic carbocycles. The minimum absolute atomic E-state index is 0.0438. The Kier molecular flexibility index (Phi) is 9.37. The summed E-state index contributed by atoms with van der Waals surface area (Å²) in [5.41, 5.74) is 1.89. The van der Waals surface area contributed by atoms with Crippen LogP contribution in [-0.4, -0.2) is 70.8 Å². The molecule has 6 rings (SSSR count). The molecule has 48 heavy (non-hydrogen) atoms. The molecule has 254 valence electrons. The largest absolute Gasteiger partial charge is 0.490 e. The number of carbonyl (C=O) groups is 2. The molecule has 8 nitrogen and oxygen atoms in total. The van der Waals surface area contributed by atoms with Crippen molar-refractivity contribution in [2.45, 2.75) is 63.5 Å². The van der Waals surface area contributed by atoms with E-state index >= 15 is 0 Å². The van der Waals surface area contributed by atoms with Crippen LogP contribution in [0, 0.1) is 13.8 Å². The number of amides is 2. The van der Waals surface area contributed by atoms with E-state index in [1.54, 1.807) is 11.0 Å². The standard InChI is InChI=1S/C36H37ClF3N3O5/c1-22-14-31(37)32(15-23(22)2)48-13-12-47-30-10-6-25(7-11-30)26-17-29-19-41-21-35(18-26,43(29)34(45)46)33(44)42(28-8-9-28)20-24-4-3-5-27(16-24)36(38,39)40/h3-7,10-11,14-17,28-29,41H,8-9,12-13,18-21H2,1-2H3,(H,45,46)/t29-,35+/m0/s1. The molecule has 2 bridgehead atoms. The molecule has 12 heteroatoms. The summed E-state index contributed by atoms with van der Waals surface area (Å²) in [5, 5.41) is 14.1. The van der Waals surface area contributed by atoms with E-state index in [0.29, 0.717) is 41.5 Å². The van der Waals surface area contributed by atoms with Gasteiger partial charge in [-0.15, -0.1) is 0 Å². The van der Waals surface area contributed by atoms with Crippen molar-refractivity contribution in [3.63, 3.8) is 0 Å². The molecule has 0 unspecified atom stereocenters. The summed E-state index contributed by atoms with van der Waals surface area (Å²) >= 11 is 6.30. The number of halogens is 4. The van der Waals surface area contributed by atoms with Gasteiger partial charge in [-0.05, 0) is 90.9 Å². The number of carboxylic acid groups (broad SMARTS) is 1. The average molecular weight is 684 g/mol. The van der Waals surface area contributed by atoms with Gasteiger partial charge in [-0.25, -0.2) is 4.79 Å². The first-order valence-corrected chi connectivity index (χ1v) is 16.3. The normalized spacial score (nSPS) is 20.6. The summed E-state index contributed by atoms with van der Waals surface area (Å²) < 4.78 is 52.1. The second kappa shape index (κ2) is 13.4. The van der Waals surface area contributed by atoms with E-state index in [2.05, 4.69) is 5.32 Å². The Hall–Kier alpha value is -4.22. The van der Waals surface area contributed by atoms with Crippen molar-refractivity contribution >= 4 is 29.2 Å². The topological polar surface area (TPSA) is 91.3 Å². The molecule has 3 aromatic carbocycles. The molecule has 2 N–H and O–H groups in total. The second-order valence-corrected chi connectivity index (χ2v) is 13.1. The van der Waals surface area contributed by atoms with Crippen LogP contribution in [0.2, 0.25) is 5.02 Å². The highest BCUT2D eigenvalue weighted by molar-refractivity contribution is 6.32. The van der Waals surface area contributed by atoms with Crippen LogP contribution in [0.25, 0.3) is 5.57 Å².